The third kappa shape index (κ3) is 11.3. The number of nitrogens with zero attached hydrogens (tertiary/aromatic N) is 3. The molecule has 0 saturated carbocycles. The number of aryl methyl sites for hydroxylation is 1. The van der Waals surface area contributed by atoms with Crippen LogP contribution in [-0.4, -0.2) is 38.8 Å². The maximum atomic E-state index is 12.8. The van der Waals surface area contributed by atoms with Crippen molar-refractivity contribution in [2.45, 2.75) is 105 Å². The number of pyridine rings is 1. The Bertz CT molecular complexity index is 4370. The zero-order valence-corrected chi connectivity index (χ0v) is 54.2. The smallest absolute Gasteiger partial charge is 0.121 e. The minimum Gasteiger partial charge on any atom is -0.501 e. The van der Waals surface area contributed by atoms with Crippen molar-refractivity contribution < 1.29 is 33.0 Å². The van der Waals surface area contributed by atoms with Gasteiger partial charge < -0.3 is 14.0 Å². The van der Waals surface area contributed by atoms with Crippen molar-refractivity contribution in [1.82, 2.24) is 14.5 Å². The predicted molar refractivity (Wildman–Crippen MR) is 349 cm³/mol. The van der Waals surface area contributed by atoms with E-state index in [0.717, 1.165) is 66.3 Å². The molecule has 0 spiro atoms. The first kappa shape index (κ1) is 53.5. The molecule has 9 heteroatoms. The normalized spacial score (nSPS) is 13.0. The second-order valence-electron chi connectivity index (χ2n) is 25.3. The molecule has 0 bridgehead atoms. The van der Waals surface area contributed by atoms with E-state index < -0.39 is 31.1 Å². The first-order chi connectivity index (χ1) is 39.2. The van der Waals surface area contributed by atoms with Crippen LogP contribution in [0.15, 0.2) is 174 Å². The number of hydrogen-bond acceptors (Lipinski definition) is 3. The van der Waals surface area contributed by atoms with Crippen LogP contribution >= 0.6 is 0 Å². The monoisotopic (exact) mass is 1290 g/mol. The molecule has 0 atom stereocenters. The third-order valence-corrected chi connectivity index (χ3v) is 21.8. The predicted octanol–water partition coefficient (Wildman–Crippen LogP) is 18.9. The van der Waals surface area contributed by atoms with Crippen molar-refractivity contribution in [3.8, 4) is 50.6 Å². The fourth-order valence-corrected chi connectivity index (χ4v) is 14.5. The van der Waals surface area contributed by atoms with Gasteiger partial charge >= 0.3 is 0 Å². The molecule has 411 valence electrons. The number of para-hydroxylation sites is 1. The van der Waals surface area contributed by atoms with Gasteiger partial charge in [-0.25, -0.2) is 0 Å². The minimum atomic E-state index is -2.39. The SMILES string of the molecule is C[Si](C)(C)c1ccc(-c2[c-]cc(F)cc2)nc1.[2H]C([2H])([2H])c1cccc2nc(-c3[c-]ccc4c3oc3cc5c(ccc6ccccc65)cc34)n(-c3c(C(C)C)cc(-c4ccc(-c5cc([Si](C)(C)C)cc([Si](C)(C)C)c5)cc4)cc3C(C)C)c12.[Ir]. The standard InChI is InChI=1S/C58H57N2OSi2.C14H15FNSi.Ir/c1-35(2)49-31-43(39-24-22-38(23-25-39)42-28-44(62(6,7)8)33-45(29-42)63(9,10)11)32-50(36(3)4)56(49)60-55-37(5)16-14-21-53(55)59-58(60)48-20-15-19-47-52-30-41-27-26-40-17-12-13-18-46(40)51(41)34-54(52)61-57(47)48;1-17(2,3)13-8-9-14(16-10-13)11-4-6-12(15)7-5-11;/h12-19,21-36H,1-11H3;4,6-10H,1-3H3;/q2*-1;/i5D3;;. The van der Waals surface area contributed by atoms with E-state index in [-0.39, 0.29) is 43.3 Å². The van der Waals surface area contributed by atoms with Crippen molar-refractivity contribution in [3.63, 3.8) is 0 Å². The number of hydrogen-bond donors (Lipinski definition) is 0. The van der Waals surface area contributed by atoms with Gasteiger partial charge in [0.15, 0.2) is 0 Å². The molecule has 0 unspecified atom stereocenters. The van der Waals surface area contributed by atoms with Crippen LogP contribution in [0, 0.1) is 24.8 Å². The molecule has 0 amide bonds. The van der Waals surface area contributed by atoms with Crippen LogP contribution in [0.2, 0.25) is 58.9 Å². The molecule has 9 aromatic carbocycles. The van der Waals surface area contributed by atoms with E-state index >= 15 is 0 Å². The Kier molecular flexibility index (Phi) is 14.6. The number of benzene rings is 9. The van der Waals surface area contributed by atoms with E-state index in [1.165, 1.54) is 49.6 Å². The summed E-state index contributed by atoms with van der Waals surface area (Å²) in [5, 5.41) is 10.9. The molecule has 0 N–H and O–H groups in total. The second-order valence-corrected chi connectivity index (χ2v) is 40.5. The van der Waals surface area contributed by atoms with Crippen molar-refractivity contribution in [2.24, 2.45) is 0 Å². The summed E-state index contributed by atoms with van der Waals surface area (Å²) < 4.78 is 48.3. The Morgan fingerprint density at radius 3 is 1.80 bits per heavy atom. The zero-order chi connectivity index (χ0) is 59.1. The molecule has 81 heavy (non-hydrogen) atoms. The number of aromatic nitrogens is 3. The van der Waals surface area contributed by atoms with Gasteiger partial charge in [0, 0.05) is 47.3 Å². The van der Waals surface area contributed by atoms with Crippen molar-refractivity contribution in [3.05, 3.63) is 205 Å². The van der Waals surface area contributed by atoms with Crippen LogP contribution in [-0.2, 0) is 20.1 Å². The fraction of sp³-hybridized carbons (Fsp3) is 0.222. The fourth-order valence-electron chi connectivity index (χ4n) is 11.0. The summed E-state index contributed by atoms with van der Waals surface area (Å²) in [5.74, 6) is 0.492. The number of imidazole rings is 1. The average Bonchev–Trinajstić information content (AvgIpc) is 2.47. The summed E-state index contributed by atoms with van der Waals surface area (Å²) in [6.07, 6.45) is 1.93. The van der Waals surface area contributed by atoms with Gasteiger partial charge in [-0.2, -0.15) is 0 Å². The van der Waals surface area contributed by atoms with Gasteiger partial charge in [-0.3, -0.25) is 9.37 Å². The van der Waals surface area contributed by atoms with Crippen molar-refractivity contribution in [1.29, 1.82) is 0 Å². The average molecular weight is 1290 g/mol. The number of rotatable bonds is 10. The molecule has 12 aromatic rings. The molecule has 0 aliphatic rings. The van der Waals surface area contributed by atoms with Gasteiger partial charge in [-0.1, -0.05) is 211 Å². The van der Waals surface area contributed by atoms with E-state index in [1.54, 1.807) is 18.2 Å². The van der Waals surface area contributed by atoms with Crippen LogP contribution < -0.4 is 15.6 Å². The van der Waals surface area contributed by atoms with Gasteiger partial charge in [0.25, 0.3) is 0 Å². The van der Waals surface area contributed by atoms with Gasteiger partial charge in [-0.15, -0.1) is 48.0 Å². The minimum absolute atomic E-state index is 0. The first-order valence-electron chi connectivity index (χ1n) is 29.5. The van der Waals surface area contributed by atoms with Crippen LogP contribution in [0.3, 0.4) is 0 Å². The summed E-state index contributed by atoms with van der Waals surface area (Å²) in [6, 6.07) is 62.7. The Labute approximate surface area is 499 Å². The molecule has 1 radical (unpaired) electrons. The molecular weight excluding hydrogens is 1220 g/mol. The van der Waals surface area contributed by atoms with Gasteiger partial charge in [0.05, 0.1) is 46.7 Å². The molecule has 0 aliphatic heterocycles. The van der Waals surface area contributed by atoms with Gasteiger partial charge in [0.1, 0.15) is 5.58 Å². The summed E-state index contributed by atoms with van der Waals surface area (Å²) >= 11 is 0. The molecule has 3 heterocycles. The van der Waals surface area contributed by atoms with E-state index in [9.17, 15) is 4.39 Å². The summed E-state index contributed by atoms with van der Waals surface area (Å²) in [5.41, 5.74) is 13.2. The summed E-state index contributed by atoms with van der Waals surface area (Å²) in [7, 11) is -4.41. The van der Waals surface area contributed by atoms with Crippen LogP contribution in [0.25, 0.3) is 105 Å². The molecule has 0 saturated heterocycles. The Hall–Kier alpha value is -6.85. The summed E-state index contributed by atoms with van der Waals surface area (Å²) in [6.45, 7) is 28.0. The van der Waals surface area contributed by atoms with E-state index in [0.29, 0.717) is 28.0 Å². The molecule has 12 rings (SSSR count). The van der Waals surface area contributed by atoms with E-state index in [4.69, 9.17) is 13.5 Å². The first-order valence-corrected chi connectivity index (χ1v) is 38.5. The summed E-state index contributed by atoms with van der Waals surface area (Å²) in [4.78, 5) is 9.76. The van der Waals surface area contributed by atoms with Crippen LogP contribution in [0.4, 0.5) is 4.39 Å². The molecule has 4 nitrogen and oxygen atoms in total. The maximum absolute atomic E-state index is 12.8. The van der Waals surface area contributed by atoms with Crippen molar-refractivity contribution in [2.75, 3.05) is 0 Å². The largest absolute Gasteiger partial charge is 0.501 e. The second kappa shape index (κ2) is 22.1. The Morgan fingerprint density at radius 2 is 1.21 bits per heavy atom. The zero-order valence-electron chi connectivity index (χ0n) is 51.8. The van der Waals surface area contributed by atoms with Gasteiger partial charge in [-0.05, 0) is 120 Å². The van der Waals surface area contributed by atoms with Crippen LogP contribution in [0.5, 0.6) is 0 Å². The third-order valence-electron chi connectivity index (χ3n) is 15.7. The Balaban J connectivity index is 0.000000375. The molecular formula is C72H72FIrN3OSi3-2. The topological polar surface area (TPSA) is 43.9 Å². The van der Waals surface area contributed by atoms with E-state index in [1.807, 2.05) is 24.4 Å². The number of furan rings is 1. The number of fused-ring (bicyclic) bond motifs is 7. The van der Waals surface area contributed by atoms with Gasteiger partial charge in [0.2, 0.25) is 0 Å². The van der Waals surface area contributed by atoms with Crippen molar-refractivity contribution >= 4 is 94.3 Å². The Morgan fingerprint density at radius 1 is 0.568 bits per heavy atom. The molecule has 0 aliphatic carbocycles. The molecule has 0 fully saturated rings. The molecule has 3 aromatic heterocycles. The quantitative estimate of drug-likeness (QED) is 0.0779. The maximum Gasteiger partial charge on any atom is 0.121 e. The number of halogens is 1. The van der Waals surface area contributed by atoms with E-state index in [2.05, 4.69) is 224 Å². The van der Waals surface area contributed by atoms with Crippen LogP contribution in [0.1, 0.15) is 60.3 Å².